The first-order chi connectivity index (χ1) is 9.47. The summed E-state index contributed by atoms with van der Waals surface area (Å²) in [6.45, 7) is 18.7. The third kappa shape index (κ3) is 25.9. The van der Waals surface area contributed by atoms with Crippen molar-refractivity contribution < 1.29 is 4.74 Å². The lowest BCUT2D eigenvalue weighted by molar-refractivity contribution is 0.129. The molecule has 0 aromatic heterocycles. The molecule has 2 nitrogen and oxygen atoms in total. The van der Waals surface area contributed by atoms with Gasteiger partial charge in [0.15, 0.2) is 0 Å². The van der Waals surface area contributed by atoms with Gasteiger partial charge in [-0.2, -0.15) is 0 Å². The minimum Gasteiger partial charge on any atom is -0.380 e. The molecule has 0 saturated carbocycles. The summed E-state index contributed by atoms with van der Waals surface area (Å²) in [5, 5.41) is 0. The molecule has 0 aromatic rings. The number of ether oxygens (including phenoxy) is 1. The Balaban J connectivity index is -0.000000262. The van der Waals surface area contributed by atoms with Gasteiger partial charge < -0.3 is 9.64 Å². The van der Waals surface area contributed by atoms with Crippen molar-refractivity contribution in [2.75, 3.05) is 33.9 Å². The van der Waals surface area contributed by atoms with Crippen molar-refractivity contribution in [3.05, 3.63) is 36.0 Å². The van der Waals surface area contributed by atoms with Gasteiger partial charge in [-0.15, -0.1) is 0 Å². The van der Waals surface area contributed by atoms with Crippen LogP contribution in [0.3, 0.4) is 0 Å². The maximum absolute atomic E-state index is 5.10. The van der Waals surface area contributed by atoms with E-state index in [1.165, 1.54) is 11.1 Å². The molecular weight excluding hydrogens is 246 g/mol. The van der Waals surface area contributed by atoms with Crippen molar-refractivity contribution in [2.24, 2.45) is 0 Å². The van der Waals surface area contributed by atoms with Crippen LogP contribution >= 0.6 is 0 Å². The van der Waals surface area contributed by atoms with Crippen molar-refractivity contribution in [2.45, 2.75) is 48.0 Å². The van der Waals surface area contributed by atoms with E-state index in [1.54, 1.807) is 0 Å². The molecule has 0 aliphatic rings. The molecule has 0 N–H and O–H groups in total. The quantitative estimate of drug-likeness (QED) is 0.477. The van der Waals surface area contributed by atoms with Crippen LogP contribution in [0.1, 0.15) is 48.0 Å². The SMILES string of the molecule is C=C/C(=C\C=C(C)C)CC.CC.CCOCCN(C)C. The summed E-state index contributed by atoms with van der Waals surface area (Å²) < 4.78 is 5.10. The summed E-state index contributed by atoms with van der Waals surface area (Å²) in [5.74, 6) is 0. The van der Waals surface area contributed by atoms with Crippen LogP contribution in [0.15, 0.2) is 36.0 Å². The molecule has 0 fully saturated rings. The number of likely N-dealkylation sites (N-methyl/N-ethyl adjacent to an activating group) is 1. The van der Waals surface area contributed by atoms with E-state index in [-0.39, 0.29) is 0 Å². The minimum absolute atomic E-state index is 0.827. The molecule has 0 heterocycles. The maximum atomic E-state index is 5.10. The van der Waals surface area contributed by atoms with Gasteiger partial charge >= 0.3 is 0 Å². The lowest BCUT2D eigenvalue weighted by Gasteiger charge is -2.07. The zero-order valence-corrected chi connectivity index (χ0v) is 15.1. The largest absolute Gasteiger partial charge is 0.380 e. The normalized spacial score (nSPS) is 9.95. The van der Waals surface area contributed by atoms with Crippen LogP contribution in [0.5, 0.6) is 0 Å². The molecule has 0 amide bonds. The predicted molar refractivity (Wildman–Crippen MR) is 94.4 cm³/mol. The fraction of sp³-hybridized carbons (Fsp3) is 0.667. The molecule has 0 unspecified atom stereocenters. The zero-order chi connectivity index (χ0) is 16.4. The highest BCUT2D eigenvalue weighted by molar-refractivity contribution is 5.23. The highest BCUT2D eigenvalue weighted by Gasteiger charge is 1.86. The molecule has 0 aromatic carbocycles. The molecule has 0 radical (unpaired) electrons. The van der Waals surface area contributed by atoms with Gasteiger partial charge in [-0.25, -0.2) is 0 Å². The zero-order valence-electron chi connectivity index (χ0n) is 15.1. The summed E-state index contributed by atoms with van der Waals surface area (Å²) in [6.07, 6.45) is 7.19. The van der Waals surface area contributed by atoms with E-state index >= 15 is 0 Å². The average molecular weight is 284 g/mol. The summed E-state index contributed by atoms with van der Waals surface area (Å²) >= 11 is 0. The van der Waals surface area contributed by atoms with Crippen LogP contribution in [0.25, 0.3) is 0 Å². The Bertz CT molecular complexity index is 248. The molecule has 0 spiro atoms. The standard InChI is InChI=1S/C10H16.C6H15NO.C2H6/c1-5-10(6-2)8-7-9(3)4;1-4-8-6-5-7(2)3;1-2/h5,7-8H,1,6H2,2-4H3;4-6H2,1-3H3;1-2H3/b10-8+;;. The van der Waals surface area contributed by atoms with Gasteiger partial charge in [0, 0.05) is 13.2 Å². The van der Waals surface area contributed by atoms with E-state index in [0.717, 1.165) is 26.2 Å². The van der Waals surface area contributed by atoms with Crippen molar-refractivity contribution >= 4 is 0 Å². The van der Waals surface area contributed by atoms with Crippen LogP contribution in [0.4, 0.5) is 0 Å². The second-order valence-electron chi connectivity index (χ2n) is 4.54. The molecule has 0 bridgehead atoms. The van der Waals surface area contributed by atoms with Crippen molar-refractivity contribution in [3.63, 3.8) is 0 Å². The van der Waals surface area contributed by atoms with Gasteiger partial charge in [-0.1, -0.05) is 51.2 Å². The van der Waals surface area contributed by atoms with Crippen molar-refractivity contribution in [1.29, 1.82) is 0 Å². The molecular formula is C18H37NO. The smallest absolute Gasteiger partial charge is 0.0593 e. The molecule has 0 aliphatic heterocycles. The third-order valence-corrected chi connectivity index (χ3v) is 2.19. The first-order valence-electron chi connectivity index (χ1n) is 7.66. The van der Waals surface area contributed by atoms with E-state index < -0.39 is 0 Å². The minimum atomic E-state index is 0.827. The van der Waals surface area contributed by atoms with Crippen LogP contribution < -0.4 is 0 Å². The van der Waals surface area contributed by atoms with E-state index in [4.69, 9.17) is 4.74 Å². The Morgan fingerprint density at radius 1 is 1.10 bits per heavy atom. The molecule has 2 heteroatoms. The topological polar surface area (TPSA) is 12.5 Å². The van der Waals surface area contributed by atoms with Gasteiger partial charge in [0.2, 0.25) is 0 Å². The van der Waals surface area contributed by atoms with E-state index in [0.29, 0.717) is 0 Å². The van der Waals surface area contributed by atoms with Crippen molar-refractivity contribution in [3.8, 4) is 0 Å². The first kappa shape index (κ1) is 24.2. The second kappa shape index (κ2) is 20.5. The number of hydrogen-bond donors (Lipinski definition) is 0. The van der Waals surface area contributed by atoms with Gasteiger partial charge in [0.05, 0.1) is 6.61 Å². The third-order valence-electron chi connectivity index (χ3n) is 2.19. The lowest BCUT2D eigenvalue weighted by atomic mass is 10.2. The Morgan fingerprint density at radius 3 is 1.95 bits per heavy atom. The molecule has 120 valence electrons. The first-order valence-corrected chi connectivity index (χ1v) is 7.66. The van der Waals surface area contributed by atoms with Crippen LogP contribution in [0.2, 0.25) is 0 Å². The Hall–Kier alpha value is -0.860. The van der Waals surface area contributed by atoms with E-state index in [1.807, 2.05) is 40.9 Å². The summed E-state index contributed by atoms with van der Waals surface area (Å²) in [6, 6.07) is 0. The average Bonchev–Trinajstić information content (AvgIpc) is 2.42. The van der Waals surface area contributed by atoms with E-state index in [2.05, 4.69) is 44.4 Å². The number of hydrogen-bond acceptors (Lipinski definition) is 2. The Labute approximate surface area is 128 Å². The van der Waals surface area contributed by atoms with Gasteiger partial charge in [0.25, 0.3) is 0 Å². The summed E-state index contributed by atoms with van der Waals surface area (Å²) in [7, 11) is 4.08. The molecule has 0 atom stereocenters. The maximum Gasteiger partial charge on any atom is 0.0593 e. The molecule has 0 rings (SSSR count). The summed E-state index contributed by atoms with van der Waals surface area (Å²) in [4.78, 5) is 2.11. The summed E-state index contributed by atoms with van der Waals surface area (Å²) in [5.41, 5.74) is 2.62. The van der Waals surface area contributed by atoms with Gasteiger partial charge in [-0.05, 0) is 46.9 Å². The number of rotatable bonds is 7. The van der Waals surface area contributed by atoms with Gasteiger partial charge in [0.1, 0.15) is 0 Å². The van der Waals surface area contributed by atoms with Crippen LogP contribution in [0, 0.1) is 0 Å². The fourth-order valence-corrected chi connectivity index (χ4v) is 0.995. The predicted octanol–water partition coefficient (Wildman–Crippen LogP) is 5.09. The lowest BCUT2D eigenvalue weighted by Crippen LogP contribution is -2.17. The second-order valence-corrected chi connectivity index (χ2v) is 4.54. The van der Waals surface area contributed by atoms with Crippen molar-refractivity contribution in [1.82, 2.24) is 4.90 Å². The Kier molecular flexibility index (Phi) is 24.7. The monoisotopic (exact) mass is 283 g/mol. The highest BCUT2D eigenvalue weighted by Crippen LogP contribution is 2.02. The van der Waals surface area contributed by atoms with Gasteiger partial charge in [-0.3, -0.25) is 0 Å². The molecule has 20 heavy (non-hydrogen) atoms. The molecule has 0 aliphatic carbocycles. The Morgan fingerprint density at radius 2 is 1.65 bits per heavy atom. The van der Waals surface area contributed by atoms with E-state index in [9.17, 15) is 0 Å². The highest BCUT2D eigenvalue weighted by atomic mass is 16.5. The molecule has 0 saturated heterocycles. The van der Waals surface area contributed by atoms with Crippen LogP contribution in [-0.2, 0) is 4.74 Å². The van der Waals surface area contributed by atoms with Crippen LogP contribution in [-0.4, -0.2) is 38.8 Å². The fourth-order valence-electron chi connectivity index (χ4n) is 0.995. The number of allylic oxidation sites excluding steroid dienone is 5. The number of nitrogens with zero attached hydrogens (tertiary/aromatic N) is 1.